The Bertz CT molecular complexity index is 424. The summed E-state index contributed by atoms with van der Waals surface area (Å²) in [6, 6.07) is 1.73. The minimum Gasteiger partial charge on any atom is -0.397 e. The SMILES string of the molecule is CCCCCCCCCC(=O)Nc1ncc(N)cc1Br. The predicted octanol–water partition coefficient (Wildman–Crippen LogP) is 4.51. The van der Waals surface area contributed by atoms with Gasteiger partial charge in [0.05, 0.1) is 16.4 Å². The minimum absolute atomic E-state index is 0.0107. The summed E-state index contributed by atoms with van der Waals surface area (Å²) in [6.07, 6.45) is 10.5. The first kappa shape index (κ1) is 17.0. The van der Waals surface area contributed by atoms with Gasteiger partial charge in [-0.15, -0.1) is 0 Å². The third-order valence-corrected chi connectivity index (χ3v) is 3.73. The molecule has 0 atom stereocenters. The van der Waals surface area contributed by atoms with Crippen LogP contribution in [0.2, 0.25) is 0 Å². The van der Waals surface area contributed by atoms with E-state index in [1.807, 2.05) is 0 Å². The zero-order chi connectivity index (χ0) is 14.8. The molecule has 0 aromatic carbocycles. The Morgan fingerprint density at radius 3 is 2.55 bits per heavy atom. The van der Waals surface area contributed by atoms with Crippen LogP contribution in [0, 0.1) is 0 Å². The molecule has 0 unspecified atom stereocenters. The molecule has 4 nitrogen and oxygen atoms in total. The highest BCUT2D eigenvalue weighted by atomic mass is 79.9. The highest BCUT2D eigenvalue weighted by Crippen LogP contribution is 2.22. The Balaban J connectivity index is 2.17. The number of aromatic nitrogens is 1. The van der Waals surface area contributed by atoms with E-state index in [9.17, 15) is 4.79 Å². The minimum atomic E-state index is 0.0107. The Morgan fingerprint density at radius 2 is 1.90 bits per heavy atom. The van der Waals surface area contributed by atoms with Gasteiger partial charge < -0.3 is 11.1 Å². The van der Waals surface area contributed by atoms with Gasteiger partial charge in [0, 0.05) is 6.42 Å². The van der Waals surface area contributed by atoms with Gasteiger partial charge >= 0.3 is 0 Å². The number of pyridine rings is 1. The van der Waals surface area contributed by atoms with Crippen molar-refractivity contribution < 1.29 is 4.79 Å². The van der Waals surface area contributed by atoms with Crippen LogP contribution in [0.25, 0.3) is 0 Å². The van der Waals surface area contributed by atoms with Crippen LogP contribution in [-0.4, -0.2) is 10.9 Å². The fourth-order valence-corrected chi connectivity index (χ4v) is 2.45. The molecule has 1 rings (SSSR count). The smallest absolute Gasteiger partial charge is 0.225 e. The lowest BCUT2D eigenvalue weighted by molar-refractivity contribution is -0.116. The summed E-state index contributed by atoms with van der Waals surface area (Å²) in [4.78, 5) is 15.9. The normalized spacial score (nSPS) is 10.5. The third kappa shape index (κ3) is 6.89. The average Bonchev–Trinajstić information content (AvgIpc) is 2.41. The van der Waals surface area contributed by atoms with Crippen molar-refractivity contribution in [3.05, 3.63) is 16.7 Å². The number of anilines is 2. The molecule has 0 aliphatic heterocycles. The first-order valence-corrected chi connectivity index (χ1v) is 8.13. The van der Waals surface area contributed by atoms with Crippen LogP contribution in [0.15, 0.2) is 16.7 Å². The molecule has 0 fully saturated rings. The number of carbonyl (C=O) groups excluding carboxylic acids is 1. The number of nitrogens with one attached hydrogen (secondary N) is 1. The standard InChI is InChI=1S/C15H24BrN3O/c1-2-3-4-5-6-7-8-9-14(20)19-15-13(16)10-12(17)11-18-15/h10-11H,2-9,17H2,1H3,(H,18,19,20). The lowest BCUT2D eigenvalue weighted by Crippen LogP contribution is -2.12. The largest absolute Gasteiger partial charge is 0.397 e. The molecule has 1 amide bonds. The van der Waals surface area contributed by atoms with E-state index >= 15 is 0 Å². The van der Waals surface area contributed by atoms with Crippen LogP contribution < -0.4 is 11.1 Å². The number of nitrogens with zero attached hydrogens (tertiary/aromatic N) is 1. The second-order valence-corrected chi connectivity index (χ2v) is 5.87. The monoisotopic (exact) mass is 341 g/mol. The van der Waals surface area contributed by atoms with Crippen LogP contribution in [0.5, 0.6) is 0 Å². The Labute approximate surface area is 129 Å². The van der Waals surface area contributed by atoms with Crippen molar-refractivity contribution in [2.75, 3.05) is 11.1 Å². The van der Waals surface area contributed by atoms with Gasteiger partial charge in [0.1, 0.15) is 5.82 Å². The number of unbranched alkanes of at least 4 members (excludes halogenated alkanes) is 6. The van der Waals surface area contributed by atoms with Crippen molar-refractivity contribution in [3.63, 3.8) is 0 Å². The summed E-state index contributed by atoms with van der Waals surface area (Å²) in [5.74, 6) is 0.545. The van der Waals surface area contributed by atoms with Gasteiger partial charge in [0.15, 0.2) is 0 Å². The van der Waals surface area contributed by atoms with Gasteiger partial charge in [-0.05, 0) is 28.4 Å². The summed E-state index contributed by atoms with van der Waals surface area (Å²) < 4.78 is 0.713. The summed E-state index contributed by atoms with van der Waals surface area (Å²) in [6.45, 7) is 2.22. The molecule has 112 valence electrons. The number of rotatable bonds is 9. The molecule has 0 aliphatic rings. The van der Waals surface area contributed by atoms with Gasteiger partial charge in [-0.25, -0.2) is 4.98 Å². The first-order chi connectivity index (χ1) is 9.63. The second kappa shape index (κ2) is 9.75. The van der Waals surface area contributed by atoms with E-state index in [-0.39, 0.29) is 5.91 Å². The number of carbonyl (C=O) groups is 1. The quantitative estimate of drug-likeness (QED) is 0.649. The molecule has 20 heavy (non-hydrogen) atoms. The Morgan fingerprint density at radius 1 is 1.25 bits per heavy atom. The van der Waals surface area contributed by atoms with Crippen molar-refractivity contribution in [1.29, 1.82) is 0 Å². The molecule has 0 bridgehead atoms. The van der Waals surface area contributed by atoms with E-state index in [1.165, 1.54) is 38.3 Å². The lowest BCUT2D eigenvalue weighted by Gasteiger charge is -2.07. The molecule has 0 spiro atoms. The van der Waals surface area contributed by atoms with E-state index in [4.69, 9.17) is 5.73 Å². The lowest BCUT2D eigenvalue weighted by atomic mass is 10.1. The van der Waals surface area contributed by atoms with Crippen LogP contribution in [0.3, 0.4) is 0 Å². The molecule has 1 heterocycles. The van der Waals surface area contributed by atoms with Crippen molar-refractivity contribution in [1.82, 2.24) is 4.98 Å². The van der Waals surface area contributed by atoms with Gasteiger partial charge in [-0.2, -0.15) is 0 Å². The van der Waals surface area contributed by atoms with E-state index in [0.29, 0.717) is 22.4 Å². The zero-order valence-electron chi connectivity index (χ0n) is 12.1. The van der Waals surface area contributed by atoms with Crippen molar-refractivity contribution in [2.45, 2.75) is 58.3 Å². The van der Waals surface area contributed by atoms with Crippen LogP contribution in [0.4, 0.5) is 11.5 Å². The van der Waals surface area contributed by atoms with E-state index in [2.05, 4.69) is 33.2 Å². The molecule has 5 heteroatoms. The van der Waals surface area contributed by atoms with Crippen LogP contribution in [0.1, 0.15) is 58.3 Å². The maximum atomic E-state index is 11.8. The van der Waals surface area contributed by atoms with Gasteiger partial charge in [-0.3, -0.25) is 4.79 Å². The van der Waals surface area contributed by atoms with Crippen LogP contribution >= 0.6 is 15.9 Å². The van der Waals surface area contributed by atoms with Gasteiger partial charge in [0.2, 0.25) is 5.91 Å². The molecular formula is C15H24BrN3O. The Kier molecular flexibility index (Phi) is 8.26. The molecule has 0 saturated carbocycles. The summed E-state index contributed by atoms with van der Waals surface area (Å²) in [7, 11) is 0. The highest BCUT2D eigenvalue weighted by Gasteiger charge is 2.06. The number of hydrogen-bond donors (Lipinski definition) is 2. The van der Waals surface area contributed by atoms with Gasteiger partial charge in [0.25, 0.3) is 0 Å². The number of nitrogens with two attached hydrogens (primary N) is 1. The fraction of sp³-hybridized carbons (Fsp3) is 0.600. The first-order valence-electron chi connectivity index (χ1n) is 7.34. The molecule has 0 saturated heterocycles. The van der Waals surface area contributed by atoms with Gasteiger partial charge in [-0.1, -0.05) is 45.4 Å². The number of nitrogen functional groups attached to an aromatic ring is 1. The highest BCUT2D eigenvalue weighted by molar-refractivity contribution is 9.10. The molecule has 1 aromatic rings. The fourth-order valence-electron chi connectivity index (χ4n) is 1.98. The predicted molar refractivity (Wildman–Crippen MR) is 87.6 cm³/mol. The van der Waals surface area contributed by atoms with Crippen LogP contribution in [-0.2, 0) is 4.79 Å². The molecule has 0 radical (unpaired) electrons. The third-order valence-electron chi connectivity index (χ3n) is 3.13. The average molecular weight is 342 g/mol. The van der Waals surface area contributed by atoms with Crippen molar-refractivity contribution >= 4 is 33.3 Å². The number of halogens is 1. The number of hydrogen-bond acceptors (Lipinski definition) is 3. The Hall–Kier alpha value is -1.10. The molecule has 1 aromatic heterocycles. The van der Waals surface area contributed by atoms with E-state index < -0.39 is 0 Å². The summed E-state index contributed by atoms with van der Waals surface area (Å²) in [5.41, 5.74) is 6.17. The molecule has 0 aliphatic carbocycles. The summed E-state index contributed by atoms with van der Waals surface area (Å²) >= 11 is 3.34. The molecular weight excluding hydrogens is 318 g/mol. The van der Waals surface area contributed by atoms with E-state index in [1.54, 1.807) is 6.07 Å². The maximum absolute atomic E-state index is 11.8. The maximum Gasteiger partial charge on any atom is 0.225 e. The van der Waals surface area contributed by atoms with E-state index in [0.717, 1.165) is 12.8 Å². The second-order valence-electron chi connectivity index (χ2n) is 5.02. The summed E-state index contributed by atoms with van der Waals surface area (Å²) in [5, 5.41) is 2.80. The topological polar surface area (TPSA) is 68.0 Å². The molecule has 3 N–H and O–H groups in total. The van der Waals surface area contributed by atoms with Crippen molar-refractivity contribution in [3.8, 4) is 0 Å². The van der Waals surface area contributed by atoms with Crippen molar-refractivity contribution in [2.24, 2.45) is 0 Å². The number of amides is 1. The zero-order valence-corrected chi connectivity index (χ0v) is 13.7.